The Morgan fingerprint density at radius 2 is 2.00 bits per heavy atom. The van der Waals surface area contributed by atoms with Gasteiger partial charge in [-0.15, -0.1) is 0 Å². The standard InChI is InChI=1S/C12H16FNO/c1-12(2)8-15-7-11(14-12)9-3-5-10(13)6-4-9/h3-6,11,14H,7-8H2,1-2H3. The van der Waals surface area contributed by atoms with E-state index in [1.54, 1.807) is 12.1 Å². The van der Waals surface area contributed by atoms with E-state index in [1.807, 2.05) is 0 Å². The first kappa shape index (κ1) is 10.6. The first-order valence-electron chi connectivity index (χ1n) is 5.18. The summed E-state index contributed by atoms with van der Waals surface area (Å²) in [6.07, 6.45) is 0. The summed E-state index contributed by atoms with van der Waals surface area (Å²) >= 11 is 0. The van der Waals surface area contributed by atoms with Crippen molar-refractivity contribution in [3.8, 4) is 0 Å². The van der Waals surface area contributed by atoms with Crippen LogP contribution in [0.25, 0.3) is 0 Å². The van der Waals surface area contributed by atoms with Gasteiger partial charge in [-0.05, 0) is 31.5 Å². The van der Waals surface area contributed by atoms with Gasteiger partial charge in [0, 0.05) is 5.54 Å². The van der Waals surface area contributed by atoms with E-state index in [-0.39, 0.29) is 17.4 Å². The van der Waals surface area contributed by atoms with Gasteiger partial charge in [0.2, 0.25) is 0 Å². The van der Waals surface area contributed by atoms with E-state index >= 15 is 0 Å². The van der Waals surface area contributed by atoms with E-state index in [1.165, 1.54) is 12.1 Å². The number of halogens is 1. The highest BCUT2D eigenvalue weighted by Gasteiger charge is 2.28. The van der Waals surface area contributed by atoms with Crippen LogP contribution in [0.3, 0.4) is 0 Å². The Morgan fingerprint density at radius 3 is 2.60 bits per heavy atom. The summed E-state index contributed by atoms with van der Waals surface area (Å²) in [5, 5.41) is 3.48. The van der Waals surface area contributed by atoms with Gasteiger partial charge in [-0.25, -0.2) is 4.39 Å². The average molecular weight is 209 g/mol. The molecular weight excluding hydrogens is 193 g/mol. The van der Waals surface area contributed by atoms with E-state index < -0.39 is 0 Å². The van der Waals surface area contributed by atoms with Gasteiger partial charge in [-0.3, -0.25) is 0 Å². The van der Waals surface area contributed by atoms with Crippen molar-refractivity contribution < 1.29 is 9.13 Å². The van der Waals surface area contributed by atoms with Gasteiger partial charge >= 0.3 is 0 Å². The lowest BCUT2D eigenvalue weighted by Crippen LogP contribution is -2.51. The van der Waals surface area contributed by atoms with Crippen LogP contribution in [-0.2, 0) is 4.74 Å². The predicted octanol–water partition coefficient (Wildman–Crippen LogP) is 2.27. The fourth-order valence-corrected chi connectivity index (χ4v) is 1.86. The Hall–Kier alpha value is -0.930. The van der Waals surface area contributed by atoms with Crippen molar-refractivity contribution in [1.82, 2.24) is 5.32 Å². The van der Waals surface area contributed by atoms with Crippen molar-refractivity contribution in [2.45, 2.75) is 25.4 Å². The van der Waals surface area contributed by atoms with Crippen LogP contribution in [-0.4, -0.2) is 18.8 Å². The number of ether oxygens (including phenoxy) is 1. The van der Waals surface area contributed by atoms with Crippen LogP contribution >= 0.6 is 0 Å². The van der Waals surface area contributed by atoms with E-state index in [0.717, 1.165) is 5.56 Å². The molecule has 1 aliphatic heterocycles. The summed E-state index contributed by atoms with van der Waals surface area (Å²) in [4.78, 5) is 0. The molecule has 2 rings (SSSR count). The number of hydrogen-bond acceptors (Lipinski definition) is 2. The molecule has 1 aromatic carbocycles. The first-order chi connectivity index (χ1) is 7.07. The van der Waals surface area contributed by atoms with Crippen molar-refractivity contribution in [3.05, 3.63) is 35.6 Å². The molecule has 1 N–H and O–H groups in total. The predicted molar refractivity (Wildman–Crippen MR) is 57.2 cm³/mol. The average Bonchev–Trinajstić information content (AvgIpc) is 2.17. The maximum atomic E-state index is 12.8. The highest BCUT2D eigenvalue weighted by Crippen LogP contribution is 2.22. The molecule has 0 radical (unpaired) electrons. The van der Waals surface area contributed by atoms with Gasteiger partial charge in [0.15, 0.2) is 0 Å². The molecule has 1 aromatic rings. The summed E-state index contributed by atoms with van der Waals surface area (Å²) in [5.74, 6) is -0.199. The zero-order valence-electron chi connectivity index (χ0n) is 9.09. The maximum absolute atomic E-state index is 12.8. The minimum Gasteiger partial charge on any atom is -0.378 e. The molecule has 1 unspecified atom stereocenters. The van der Waals surface area contributed by atoms with Gasteiger partial charge in [0.05, 0.1) is 19.3 Å². The third-order valence-electron chi connectivity index (χ3n) is 2.58. The van der Waals surface area contributed by atoms with Crippen molar-refractivity contribution in [2.75, 3.05) is 13.2 Å². The Bertz CT molecular complexity index is 334. The number of rotatable bonds is 1. The minimum absolute atomic E-state index is 0.0166. The first-order valence-corrected chi connectivity index (χ1v) is 5.18. The summed E-state index contributed by atoms with van der Waals surface area (Å²) in [6.45, 7) is 5.56. The number of benzene rings is 1. The molecule has 1 saturated heterocycles. The molecule has 1 atom stereocenters. The fourth-order valence-electron chi connectivity index (χ4n) is 1.86. The van der Waals surface area contributed by atoms with E-state index in [0.29, 0.717) is 13.2 Å². The zero-order valence-corrected chi connectivity index (χ0v) is 9.09. The van der Waals surface area contributed by atoms with Gasteiger partial charge in [-0.2, -0.15) is 0 Å². The molecule has 0 aliphatic carbocycles. The number of nitrogens with one attached hydrogen (secondary N) is 1. The SMILES string of the molecule is CC1(C)COCC(c2ccc(F)cc2)N1. The molecule has 15 heavy (non-hydrogen) atoms. The van der Waals surface area contributed by atoms with Crippen molar-refractivity contribution in [3.63, 3.8) is 0 Å². The lowest BCUT2D eigenvalue weighted by Gasteiger charge is -2.37. The van der Waals surface area contributed by atoms with E-state index in [2.05, 4.69) is 19.2 Å². The van der Waals surface area contributed by atoms with Crippen LogP contribution in [0.5, 0.6) is 0 Å². The lowest BCUT2D eigenvalue weighted by molar-refractivity contribution is 0.0127. The molecule has 0 spiro atoms. The van der Waals surface area contributed by atoms with Crippen LogP contribution in [0.15, 0.2) is 24.3 Å². The van der Waals surface area contributed by atoms with Crippen LogP contribution in [0, 0.1) is 5.82 Å². The van der Waals surface area contributed by atoms with E-state index in [9.17, 15) is 4.39 Å². The summed E-state index contributed by atoms with van der Waals surface area (Å²) in [5.41, 5.74) is 1.06. The second kappa shape index (κ2) is 3.91. The monoisotopic (exact) mass is 209 g/mol. The summed E-state index contributed by atoms with van der Waals surface area (Å²) in [6, 6.07) is 6.74. The molecule has 0 aromatic heterocycles. The molecule has 0 saturated carbocycles. The Morgan fingerprint density at radius 1 is 1.33 bits per heavy atom. The largest absolute Gasteiger partial charge is 0.378 e. The molecule has 0 bridgehead atoms. The smallest absolute Gasteiger partial charge is 0.123 e. The molecular formula is C12H16FNO. The van der Waals surface area contributed by atoms with Crippen molar-refractivity contribution >= 4 is 0 Å². The Labute approximate surface area is 89.4 Å². The Kier molecular flexibility index (Phi) is 2.76. The zero-order chi connectivity index (χ0) is 10.9. The molecule has 1 heterocycles. The van der Waals surface area contributed by atoms with Crippen molar-refractivity contribution in [1.29, 1.82) is 0 Å². The van der Waals surface area contributed by atoms with Crippen LogP contribution in [0.1, 0.15) is 25.5 Å². The molecule has 2 nitrogen and oxygen atoms in total. The van der Waals surface area contributed by atoms with Gasteiger partial charge in [-0.1, -0.05) is 12.1 Å². The van der Waals surface area contributed by atoms with Gasteiger partial charge in [0.1, 0.15) is 5.82 Å². The summed E-state index contributed by atoms with van der Waals surface area (Å²) in [7, 11) is 0. The lowest BCUT2D eigenvalue weighted by atomic mass is 9.99. The third-order valence-corrected chi connectivity index (χ3v) is 2.58. The topological polar surface area (TPSA) is 21.3 Å². The fraction of sp³-hybridized carbons (Fsp3) is 0.500. The maximum Gasteiger partial charge on any atom is 0.123 e. The molecule has 82 valence electrons. The molecule has 0 amide bonds. The number of morpholine rings is 1. The second-order valence-electron chi connectivity index (χ2n) is 4.65. The van der Waals surface area contributed by atoms with Crippen LogP contribution < -0.4 is 5.32 Å². The normalized spacial score (nSPS) is 25.1. The van der Waals surface area contributed by atoms with Crippen LogP contribution in [0.4, 0.5) is 4.39 Å². The van der Waals surface area contributed by atoms with Crippen molar-refractivity contribution in [2.24, 2.45) is 0 Å². The molecule has 1 fully saturated rings. The second-order valence-corrected chi connectivity index (χ2v) is 4.65. The third kappa shape index (κ3) is 2.55. The quantitative estimate of drug-likeness (QED) is 0.766. The highest BCUT2D eigenvalue weighted by molar-refractivity contribution is 5.21. The highest BCUT2D eigenvalue weighted by atomic mass is 19.1. The van der Waals surface area contributed by atoms with Gasteiger partial charge < -0.3 is 10.1 Å². The number of hydrogen-bond donors (Lipinski definition) is 1. The van der Waals surface area contributed by atoms with E-state index in [4.69, 9.17) is 4.74 Å². The molecule has 3 heteroatoms. The Balaban J connectivity index is 2.13. The van der Waals surface area contributed by atoms with Gasteiger partial charge in [0.25, 0.3) is 0 Å². The molecule has 1 aliphatic rings. The minimum atomic E-state index is -0.199. The van der Waals surface area contributed by atoms with Crippen LogP contribution in [0.2, 0.25) is 0 Å². The summed E-state index contributed by atoms with van der Waals surface area (Å²) < 4.78 is 18.3.